The number of anilines is 1. The zero-order valence-electron chi connectivity index (χ0n) is 19.0. The summed E-state index contributed by atoms with van der Waals surface area (Å²) in [5.74, 6) is 2.34. The van der Waals surface area contributed by atoms with Gasteiger partial charge in [-0.3, -0.25) is 9.69 Å². The molecule has 0 atom stereocenters. The Balaban J connectivity index is 1.33. The number of piperidine rings is 1. The van der Waals surface area contributed by atoms with Crippen molar-refractivity contribution in [2.24, 2.45) is 0 Å². The number of para-hydroxylation sites is 1. The molecule has 1 saturated heterocycles. The van der Waals surface area contributed by atoms with Gasteiger partial charge in [-0.05, 0) is 50.2 Å². The molecule has 1 fully saturated rings. The summed E-state index contributed by atoms with van der Waals surface area (Å²) in [7, 11) is 4.83. The molecule has 4 rings (SSSR count). The SMILES string of the molecule is COc1ccc(OC)c(NC(=O)CN2CCC(c3nnc(-c4ccccc4OC)s3)CC2)c1. The predicted molar refractivity (Wildman–Crippen MR) is 128 cm³/mol. The van der Waals surface area contributed by atoms with Crippen molar-refractivity contribution in [2.75, 3.05) is 46.3 Å². The molecule has 0 saturated carbocycles. The highest BCUT2D eigenvalue weighted by molar-refractivity contribution is 7.14. The van der Waals surface area contributed by atoms with Gasteiger partial charge in [0.05, 0.1) is 39.1 Å². The molecule has 33 heavy (non-hydrogen) atoms. The summed E-state index contributed by atoms with van der Waals surface area (Å²) >= 11 is 1.62. The number of carbonyl (C=O) groups is 1. The van der Waals surface area contributed by atoms with Gasteiger partial charge in [0.2, 0.25) is 5.91 Å². The van der Waals surface area contributed by atoms with Crippen molar-refractivity contribution in [3.05, 3.63) is 47.5 Å². The summed E-state index contributed by atoms with van der Waals surface area (Å²) < 4.78 is 16.0. The van der Waals surface area contributed by atoms with Crippen LogP contribution in [0.3, 0.4) is 0 Å². The lowest BCUT2D eigenvalue weighted by Gasteiger charge is -2.30. The smallest absolute Gasteiger partial charge is 0.238 e. The van der Waals surface area contributed by atoms with Crippen LogP contribution < -0.4 is 19.5 Å². The molecule has 174 valence electrons. The normalized spacial score (nSPS) is 14.6. The van der Waals surface area contributed by atoms with Crippen molar-refractivity contribution in [3.63, 3.8) is 0 Å². The standard InChI is InChI=1S/C24H28N4O4S/c1-30-17-8-9-21(32-3)19(14-17)25-22(29)15-28-12-10-16(11-13-28)23-26-27-24(33-23)18-6-4-5-7-20(18)31-2/h4-9,14,16H,10-13,15H2,1-3H3,(H,25,29). The molecule has 9 heteroatoms. The van der Waals surface area contributed by atoms with E-state index >= 15 is 0 Å². The first-order chi connectivity index (χ1) is 16.1. The third-order valence-corrected chi connectivity index (χ3v) is 6.88. The number of carbonyl (C=O) groups excluding carboxylic acids is 1. The number of nitrogens with zero attached hydrogens (tertiary/aromatic N) is 3. The van der Waals surface area contributed by atoms with Crippen LogP contribution in [-0.4, -0.2) is 62.0 Å². The van der Waals surface area contributed by atoms with Crippen LogP contribution in [0, 0.1) is 0 Å². The third kappa shape index (κ3) is 5.43. The van der Waals surface area contributed by atoms with Crippen molar-refractivity contribution < 1.29 is 19.0 Å². The zero-order valence-corrected chi connectivity index (χ0v) is 19.9. The van der Waals surface area contributed by atoms with Crippen molar-refractivity contribution in [3.8, 4) is 27.8 Å². The summed E-state index contributed by atoms with van der Waals surface area (Å²) in [5, 5.41) is 13.7. The van der Waals surface area contributed by atoms with E-state index in [1.165, 1.54) is 0 Å². The molecule has 1 aliphatic rings. The van der Waals surface area contributed by atoms with Crippen molar-refractivity contribution in [1.29, 1.82) is 0 Å². The van der Waals surface area contributed by atoms with E-state index < -0.39 is 0 Å². The largest absolute Gasteiger partial charge is 0.497 e. The second-order valence-electron chi connectivity index (χ2n) is 7.81. The van der Waals surface area contributed by atoms with Crippen molar-refractivity contribution >= 4 is 22.9 Å². The molecule has 0 bridgehead atoms. The number of hydrogen-bond acceptors (Lipinski definition) is 8. The average molecular weight is 469 g/mol. The molecule has 0 unspecified atom stereocenters. The minimum atomic E-state index is -0.0747. The molecular weight excluding hydrogens is 440 g/mol. The number of amides is 1. The van der Waals surface area contributed by atoms with Crippen molar-refractivity contribution in [1.82, 2.24) is 15.1 Å². The number of hydrogen-bond donors (Lipinski definition) is 1. The van der Waals surface area contributed by atoms with E-state index in [4.69, 9.17) is 14.2 Å². The second-order valence-corrected chi connectivity index (χ2v) is 8.82. The molecule has 3 aromatic rings. The second kappa shape index (κ2) is 10.6. The maximum absolute atomic E-state index is 12.6. The Labute approximate surface area is 197 Å². The Hall–Kier alpha value is -3.17. The molecule has 8 nitrogen and oxygen atoms in total. The number of aromatic nitrogens is 2. The molecule has 0 spiro atoms. The molecule has 2 aromatic carbocycles. The van der Waals surface area contributed by atoms with Gasteiger partial charge in [-0.1, -0.05) is 23.5 Å². The van der Waals surface area contributed by atoms with Gasteiger partial charge in [-0.2, -0.15) is 0 Å². The number of nitrogens with one attached hydrogen (secondary N) is 1. The van der Waals surface area contributed by atoms with Gasteiger partial charge in [0, 0.05) is 12.0 Å². The lowest BCUT2D eigenvalue weighted by atomic mass is 9.98. The highest BCUT2D eigenvalue weighted by Crippen LogP contribution is 2.36. The molecule has 1 amide bonds. The quantitative estimate of drug-likeness (QED) is 0.534. The Bertz CT molecular complexity index is 1100. The van der Waals surface area contributed by atoms with E-state index in [9.17, 15) is 4.79 Å². The van der Waals surface area contributed by atoms with Crippen LogP contribution in [0.4, 0.5) is 5.69 Å². The predicted octanol–water partition coefficient (Wildman–Crippen LogP) is 4.05. The number of likely N-dealkylation sites (tertiary alicyclic amines) is 1. The fourth-order valence-electron chi connectivity index (χ4n) is 3.97. The number of methoxy groups -OCH3 is 3. The van der Waals surface area contributed by atoms with Gasteiger partial charge in [0.25, 0.3) is 0 Å². The molecule has 1 aliphatic heterocycles. The Morgan fingerprint density at radius 3 is 2.52 bits per heavy atom. The first kappa shape index (κ1) is 23.0. The van der Waals surface area contributed by atoms with E-state index in [0.29, 0.717) is 29.6 Å². The average Bonchev–Trinajstić information content (AvgIpc) is 3.34. The molecule has 1 aromatic heterocycles. The van der Waals surface area contributed by atoms with E-state index in [-0.39, 0.29) is 5.91 Å². The Morgan fingerprint density at radius 2 is 1.79 bits per heavy atom. The fraction of sp³-hybridized carbons (Fsp3) is 0.375. The third-order valence-electron chi connectivity index (χ3n) is 5.76. The van der Waals surface area contributed by atoms with Gasteiger partial charge in [0.15, 0.2) is 5.01 Å². The maximum Gasteiger partial charge on any atom is 0.238 e. The highest BCUT2D eigenvalue weighted by atomic mass is 32.1. The topological polar surface area (TPSA) is 85.8 Å². The van der Waals surface area contributed by atoms with Gasteiger partial charge < -0.3 is 19.5 Å². The summed E-state index contributed by atoms with van der Waals surface area (Å²) in [6.07, 6.45) is 1.88. The van der Waals surface area contributed by atoms with E-state index in [0.717, 1.165) is 47.3 Å². The van der Waals surface area contributed by atoms with Crippen LogP contribution in [0.2, 0.25) is 0 Å². The minimum absolute atomic E-state index is 0.0747. The number of ether oxygens (including phenoxy) is 3. The van der Waals surface area contributed by atoms with Crippen LogP contribution in [0.25, 0.3) is 10.6 Å². The molecule has 0 radical (unpaired) electrons. The van der Waals surface area contributed by atoms with Gasteiger partial charge in [-0.15, -0.1) is 10.2 Å². The van der Waals surface area contributed by atoms with Crippen molar-refractivity contribution in [2.45, 2.75) is 18.8 Å². The summed E-state index contributed by atoms with van der Waals surface area (Å²) in [6.45, 7) is 1.99. The summed E-state index contributed by atoms with van der Waals surface area (Å²) in [6, 6.07) is 13.2. The monoisotopic (exact) mass is 468 g/mol. The van der Waals surface area contributed by atoms with E-state index in [1.54, 1.807) is 50.9 Å². The van der Waals surface area contributed by atoms with E-state index in [1.807, 2.05) is 24.3 Å². The molecule has 2 heterocycles. The zero-order chi connectivity index (χ0) is 23.2. The lowest BCUT2D eigenvalue weighted by molar-refractivity contribution is -0.117. The summed E-state index contributed by atoms with van der Waals surface area (Å²) in [5.41, 5.74) is 1.57. The highest BCUT2D eigenvalue weighted by Gasteiger charge is 2.25. The lowest BCUT2D eigenvalue weighted by Crippen LogP contribution is -2.38. The first-order valence-electron chi connectivity index (χ1n) is 10.8. The van der Waals surface area contributed by atoms with Crippen LogP contribution >= 0.6 is 11.3 Å². The van der Waals surface area contributed by atoms with Gasteiger partial charge >= 0.3 is 0 Å². The van der Waals surface area contributed by atoms with Gasteiger partial charge in [-0.25, -0.2) is 0 Å². The van der Waals surface area contributed by atoms with E-state index in [2.05, 4.69) is 20.4 Å². The number of rotatable bonds is 8. The van der Waals surface area contributed by atoms with Crippen LogP contribution in [0.1, 0.15) is 23.8 Å². The molecule has 1 N–H and O–H groups in total. The summed E-state index contributed by atoms with van der Waals surface area (Å²) in [4.78, 5) is 14.8. The fourth-order valence-corrected chi connectivity index (χ4v) is 5.01. The first-order valence-corrected chi connectivity index (χ1v) is 11.6. The molecular formula is C24H28N4O4S. The number of benzene rings is 2. The Kier molecular flexibility index (Phi) is 7.41. The van der Waals surface area contributed by atoms with Gasteiger partial charge in [0.1, 0.15) is 22.3 Å². The maximum atomic E-state index is 12.6. The Morgan fingerprint density at radius 1 is 1.03 bits per heavy atom. The van der Waals surface area contributed by atoms with Crippen LogP contribution in [-0.2, 0) is 4.79 Å². The minimum Gasteiger partial charge on any atom is -0.497 e. The molecule has 0 aliphatic carbocycles. The van der Waals surface area contributed by atoms with Crippen LogP contribution in [0.5, 0.6) is 17.2 Å². The van der Waals surface area contributed by atoms with Crippen LogP contribution in [0.15, 0.2) is 42.5 Å².